The lowest BCUT2D eigenvalue weighted by atomic mass is 10.1. The van der Waals surface area contributed by atoms with Crippen LogP contribution in [0.1, 0.15) is 25.5 Å². The standard InChI is InChI=1S/C9H14BrClN2/c1-3-7(10)4-5-9-8(11)6-12-13(9)2/h6-7H,3-5H2,1-2H3. The average molecular weight is 266 g/mol. The number of rotatable bonds is 4. The second kappa shape index (κ2) is 5.01. The Balaban J connectivity index is 2.53. The largest absolute Gasteiger partial charge is 0.271 e. The maximum Gasteiger partial charge on any atom is 0.0817 e. The van der Waals surface area contributed by atoms with Crippen molar-refractivity contribution in [1.29, 1.82) is 0 Å². The Bertz CT molecular complexity index is 253. The van der Waals surface area contributed by atoms with Crippen LogP contribution in [-0.2, 0) is 13.5 Å². The number of hydrogen-bond donors (Lipinski definition) is 0. The molecule has 1 aromatic rings. The summed E-state index contributed by atoms with van der Waals surface area (Å²) in [6, 6.07) is 0. The summed E-state index contributed by atoms with van der Waals surface area (Å²) in [5.41, 5.74) is 1.12. The quantitative estimate of drug-likeness (QED) is 0.765. The summed E-state index contributed by atoms with van der Waals surface area (Å²) in [4.78, 5) is 0.582. The molecule has 0 bridgehead atoms. The van der Waals surface area contributed by atoms with Gasteiger partial charge in [0, 0.05) is 11.9 Å². The van der Waals surface area contributed by atoms with Gasteiger partial charge in [-0.2, -0.15) is 5.10 Å². The number of nitrogens with zero attached hydrogens (tertiary/aromatic N) is 2. The van der Waals surface area contributed by atoms with E-state index >= 15 is 0 Å². The summed E-state index contributed by atoms with van der Waals surface area (Å²) >= 11 is 9.57. The monoisotopic (exact) mass is 264 g/mol. The number of alkyl halides is 1. The van der Waals surface area contributed by atoms with Gasteiger partial charge in [-0.05, 0) is 19.3 Å². The minimum Gasteiger partial charge on any atom is -0.271 e. The average Bonchev–Trinajstić information content (AvgIpc) is 2.43. The molecule has 4 heteroatoms. The lowest BCUT2D eigenvalue weighted by Crippen LogP contribution is -2.03. The van der Waals surface area contributed by atoms with E-state index in [2.05, 4.69) is 28.0 Å². The van der Waals surface area contributed by atoms with Crippen LogP contribution in [0.15, 0.2) is 6.20 Å². The van der Waals surface area contributed by atoms with Gasteiger partial charge in [0.25, 0.3) is 0 Å². The molecule has 0 radical (unpaired) electrons. The molecule has 1 atom stereocenters. The fourth-order valence-electron chi connectivity index (χ4n) is 1.21. The first-order valence-corrected chi connectivity index (χ1v) is 5.75. The Labute approximate surface area is 92.4 Å². The molecular weight excluding hydrogens is 251 g/mol. The van der Waals surface area contributed by atoms with E-state index in [1.807, 2.05) is 11.7 Å². The van der Waals surface area contributed by atoms with Crippen LogP contribution in [0.5, 0.6) is 0 Å². The van der Waals surface area contributed by atoms with Crippen LogP contribution in [0.25, 0.3) is 0 Å². The Kier molecular flexibility index (Phi) is 4.26. The van der Waals surface area contributed by atoms with E-state index in [0.29, 0.717) is 4.83 Å². The van der Waals surface area contributed by atoms with Crippen molar-refractivity contribution in [2.45, 2.75) is 31.0 Å². The van der Waals surface area contributed by atoms with Gasteiger partial charge in [-0.1, -0.05) is 34.5 Å². The summed E-state index contributed by atoms with van der Waals surface area (Å²) < 4.78 is 1.84. The molecule has 74 valence electrons. The minimum absolute atomic E-state index is 0.582. The van der Waals surface area contributed by atoms with Gasteiger partial charge < -0.3 is 0 Å². The summed E-state index contributed by atoms with van der Waals surface area (Å²) in [5, 5.41) is 4.87. The molecule has 1 heterocycles. The Hall–Kier alpha value is -0.0200. The van der Waals surface area contributed by atoms with Crippen LogP contribution in [0.3, 0.4) is 0 Å². The van der Waals surface area contributed by atoms with Gasteiger partial charge >= 0.3 is 0 Å². The van der Waals surface area contributed by atoms with Crippen molar-refractivity contribution in [1.82, 2.24) is 9.78 Å². The maximum absolute atomic E-state index is 5.97. The lowest BCUT2D eigenvalue weighted by Gasteiger charge is -2.06. The van der Waals surface area contributed by atoms with Gasteiger partial charge in [0.2, 0.25) is 0 Å². The normalized spacial score (nSPS) is 13.2. The second-order valence-corrected chi connectivity index (χ2v) is 4.81. The summed E-state index contributed by atoms with van der Waals surface area (Å²) in [6.45, 7) is 2.17. The first-order chi connectivity index (χ1) is 6.15. The predicted octanol–water partition coefficient (Wildman–Crippen LogP) is 3.18. The van der Waals surface area contributed by atoms with E-state index in [0.717, 1.165) is 30.0 Å². The van der Waals surface area contributed by atoms with Crippen molar-refractivity contribution in [3.05, 3.63) is 16.9 Å². The highest BCUT2D eigenvalue weighted by molar-refractivity contribution is 9.09. The highest BCUT2D eigenvalue weighted by atomic mass is 79.9. The van der Waals surface area contributed by atoms with E-state index in [1.165, 1.54) is 0 Å². The van der Waals surface area contributed by atoms with E-state index in [-0.39, 0.29) is 0 Å². The van der Waals surface area contributed by atoms with Crippen molar-refractivity contribution < 1.29 is 0 Å². The van der Waals surface area contributed by atoms with Crippen molar-refractivity contribution in [2.75, 3.05) is 0 Å². The molecule has 13 heavy (non-hydrogen) atoms. The Morgan fingerprint density at radius 3 is 2.85 bits per heavy atom. The van der Waals surface area contributed by atoms with Crippen molar-refractivity contribution >= 4 is 27.5 Å². The highest BCUT2D eigenvalue weighted by Crippen LogP contribution is 2.19. The fraction of sp³-hybridized carbons (Fsp3) is 0.667. The molecule has 0 aliphatic carbocycles. The van der Waals surface area contributed by atoms with Gasteiger partial charge in [0.05, 0.1) is 16.9 Å². The molecule has 0 saturated carbocycles. The molecule has 0 spiro atoms. The zero-order valence-corrected chi connectivity index (χ0v) is 10.3. The molecule has 0 aliphatic heterocycles. The molecular formula is C9H14BrClN2. The molecule has 0 amide bonds. The number of halogens is 2. The molecule has 1 unspecified atom stereocenters. The van der Waals surface area contributed by atoms with E-state index < -0.39 is 0 Å². The van der Waals surface area contributed by atoms with Gasteiger partial charge in [0.1, 0.15) is 0 Å². The number of aromatic nitrogens is 2. The maximum atomic E-state index is 5.97. The van der Waals surface area contributed by atoms with Gasteiger partial charge in [0.15, 0.2) is 0 Å². The molecule has 0 N–H and O–H groups in total. The smallest absolute Gasteiger partial charge is 0.0817 e. The first-order valence-electron chi connectivity index (χ1n) is 4.45. The van der Waals surface area contributed by atoms with Gasteiger partial charge in [-0.3, -0.25) is 4.68 Å². The van der Waals surface area contributed by atoms with Crippen LogP contribution in [-0.4, -0.2) is 14.6 Å². The van der Waals surface area contributed by atoms with Crippen molar-refractivity contribution in [2.24, 2.45) is 7.05 Å². The summed E-state index contributed by atoms with van der Waals surface area (Å²) in [6.07, 6.45) is 4.94. The van der Waals surface area contributed by atoms with Crippen LogP contribution in [0, 0.1) is 0 Å². The number of hydrogen-bond acceptors (Lipinski definition) is 1. The second-order valence-electron chi connectivity index (χ2n) is 3.11. The highest BCUT2D eigenvalue weighted by Gasteiger charge is 2.08. The first kappa shape index (κ1) is 11.1. The molecule has 2 nitrogen and oxygen atoms in total. The van der Waals surface area contributed by atoms with Gasteiger partial charge in [-0.15, -0.1) is 0 Å². The molecule has 1 rings (SSSR count). The SMILES string of the molecule is CCC(Br)CCc1c(Cl)cnn1C. The van der Waals surface area contributed by atoms with Crippen molar-refractivity contribution in [3.63, 3.8) is 0 Å². The number of aryl methyl sites for hydroxylation is 1. The van der Waals surface area contributed by atoms with E-state index in [4.69, 9.17) is 11.6 Å². The van der Waals surface area contributed by atoms with Gasteiger partial charge in [-0.25, -0.2) is 0 Å². The third kappa shape index (κ3) is 2.99. The Morgan fingerprint density at radius 1 is 1.69 bits per heavy atom. The van der Waals surface area contributed by atoms with Crippen molar-refractivity contribution in [3.8, 4) is 0 Å². The Morgan fingerprint density at radius 2 is 2.38 bits per heavy atom. The van der Waals surface area contributed by atoms with E-state index in [1.54, 1.807) is 6.20 Å². The molecule has 0 aromatic carbocycles. The molecule has 1 aromatic heterocycles. The van der Waals surface area contributed by atoms with Crippen LogP contribution < -0.4 is 0 Å². The predicted molar refractivity (Wildman–Crippen MR) is 59.5 cm³/mol. The zero-order chi connectivity index (χ0) is 9.84. The third-order valence-corrected chi connectivity index (χ3v) is 3.57. The fourth-order valence-corrected chi connectivity index (χ4v) is 1.70. The lowest BCUT2D eigenvalue weighted by molar-refractivity contribution is 0.666. The molecule has 0 aliphatic rings. The van der Waals surface area contributed by atoms with Crippen LogP contribution in [0.4, 0.5) is 0 Å². The zero-order valence-electron chi connectivity index (χ0n) is 7.93. The van der Waals surface area contributed by atoms with Crippen LogP contribution in [0.2, 0.25) is 5.02 Å². The minimum atomic E-state index is 0.582. The van der Waals surface area contributed by atoms with Crippen LogP contribution >= 0.6 is 27.5 Å². The summed E-state index contributed by atoms with van der Waals surface area (Å²) in [7, 11) is 1.93. The summed E-state index contributed by atoms with van der Waals surface area (Å²) in [5.74, 6) is 0. The molecule has 0 fully saturated rings. The topological polar surface area (TPSA) is 17.8 Å². The van der Waals surface area contributed by atoms with E-state index in [9.17, 15) is 0 Å². The third-order valence-electron chi connectivity index (χ3n) is 2.15. The molecule has 0 saturated heterocycles.